The van der Waals surface area contributed by atoms with Crippen LogP contribution >= 0.6 is 0 Å². The lowest BCUT2D eigenvalue weighted by atomic mass is 10.3. The zero-order valence-corrected chi connectivity index (χ0v) is 15.8. The van der Waals surface area contributed by atoms with E-state index in [-0.39, 0.29) is 6.10 Å². The molecule has 1 fully saturated rings. The lowest BCUT2D eigenvalue weighted by molar-refractivity contribution is 0.115. The molecule has 0 amide bonds. The number of guanidine groups is 1. The molecule has 1 saturated carbocycles. The van der Waals surface area contributed by atoms with Gasteiger partial charge in [0.25, 0.3) is 0 Å². The Labute approximate surface area is 151 Å². The Balaban J connectivity index is 1.71. The molecule has 0 radical (unpaired) electrons. The minimum absolute atomic E-state index is 0.0208. The summed E-state index contributed by atoms with van der Waals surface area (Å²) in [5.41, 5.74) is 0. The van der Waals surface area contributed by atoms with E-state index in [1.165, 1.54) is 12.8 Å². The predicted octanol–water partition coefficient (Wildman–Crippen LogP) is 2.40. The van der Waals surface area contributed by atoms with Gasteiger partial charge >= 0.3 is 0 Å². The highest BCUT2D eigenvalue weighted by atomic mass is 16.5. The molecule has 1 N–H and O–H groups in total. The number of methoxy groups -OCH3 is 1. The van der Waals surface area contributed by atoms with Crippen LogP contribution in [0.2, 0.25) is 0 Å². The Hall–Kier alpha value is -1.95. The molecule has 0 spiro atoms. The second-order valence-electron chi connectivity index (χ2n) is 6.45. The number of rotatable bonds is 10. The van der Waals surface area contributed by atoms with Gasteiger partial charge in [0.05, 0.1) is 20.3 Å². The van der Waals surface area contributed by atoms with E-state index in [2.05, 4.69) is 15.2 Å². The molecule has 1 aliphatic carbocycles. The first kappa shape index (κ1) is 19.4. The molecule has 1 aromatic rings. The summed E-state index contributed by atoms with van der Waals surface area (Å²) >= 11 is 0. The van der Waals surface area contributed by atoms with Crippen molar-refractivity contribution in [2.75, 3.05) is 47.5 Å². The fourth-order valence-electron chi connectivity index (χ4n) is 2.44. The Morgan fingerprint density at radius 3 is 2.68 bits per heavy atom. The lowest BCUT2D eigenvalue weighted by Crippen LogP contribution is -2.44. The average Bonchev–Trinajstić information content (AvgIpc) is 3.44. The van der Waals surface area contributed by atoms with E-state index in [9.17, 15) is 0 Å². The number of nitrogens with one attached hydrogen (secondary N) is 1. The molecular formula is C19H31N3O3. The van der Waals surface area contributed by atoms with Gasteiger partial charge in [0, 0.05) is 27.2 Å². The normalized spacial score (nSPS) is 15.6. The highest BCUT2D eigenvalue weighted by molar-refractivity contribution is 5.79. The van der Waals surface area contributed by atoms with E-state index in [0.29, 0.717) is 6.54 Å². The van der Waals surface area contributed by atoms with Crippen LogP contribution in [0, 0.1) is 5.92 Å². The fourth-order valence-corrected chi connectivity index (χ4v) is 2.44. The smallest absolute Gasteiger partial charge is 0.193 e. The van der Waals surface area contributed by atoms with Crippen LogP contribution in [0.4, 0.5) is 0 Å². The maximum atomic E-state index is 5.96. The van der Waals surface area contributed by atoms with Gasteiger partial charge in [0.15, 0.2) is 17.5 Å². The zero-order valence-electron chi connectivity index (χ0n) is 15.8. The standard InChI is InChI=1S/C19H31N3O3/c1-15(25-18-8-6-5-7-17(18)23-4)13-21-19(20-2)22(3)11-12-24-14-16-9-10-16/h5-8,15-16H,9-14H2,1-4H3,(H,20,21). The van der Waals surface area contributed by atoms with Crippen molar-refractivity contribution in [1.29, 1.82) is 0 Å². The molecule has 6 nitrogen and oxygen atoms in total. The summed E-state index contributed by atoms with van der Waals surface area (Å²) in [6, 6.07) is 7.67. The van der Waals surface area contributed by atoms with Crippen molar-refractivity contribution < 1.29 is 14.2 Å². The SMILES string of the molecule is CN=C(NCC(C)Oc1ccccc1OC)N(C)CCOCC1CC1. The van der Waals surface area contributed by atoms with Crippen LogP contribution in [0.1, 0.15) is 19.8 Å². The van der Waals surface area contributed by atoms with Crippen LogP contribution in [0.3, 0.4) is 0 Å². The summed E-state index contributed by atoms with van der Waals surface area (Å²) in [7, 11) is 5.45. The number of likely N-dealkylation sites (N-methyl/N-ethyl adjacent to an activating group) is 1. The van der Waals surface area contributed by atoms with E-state index >= 15 is 0 Å². The van der Waals surface area contributed by atoms with E-state index in [4.69, 9.17) is 14.2 Å². The van der Waals surface area contributed by atoms with Crippen molar-refractivity contribution in [2.45, 2.75) is 25.9 Å². The number of hydrogen-bond acceptors (Lipinski definition) is 4. The van der Waals surface area contributed by atoms with Crippen LogP contribution in [0.25, 0.3) is 0 Å². The van der Waals surface area contributed by atoms with Crippen LogP contribution in [0.5, 0.6) is 11.5 Å². The Bertz CT molecular complexity index is 546. The summed E-state index contributed by atoms with van der Waals surface area (Å²) in [5, 5.41) is 3.34. The van der Waals surface area contributed by atoms with Crippen LogP contribution in [0.15, 0.2) is 29.3 Å². The third kappa shape index (κ3) is 6.82. The van der Waals surface area contributed by atoms with E-state index in [0.717, 1.165) is 43.1 Å². The topological polar surface area (TPSA) is 55.3 Å². The number of benzene rings is 1. The van der Waals surface area contributed by atoms with E-state index in [1.807, 2.05) is 38.2 Å². The van der Waals surface area contributed by atoms with Crippen molar-refractivity contribution in [3.63, 3.8) is 0 Å². The molecule has 6 heteroatoms. The van der Waals surface area contributed by atoms with Gasteiger partial charge in [-0.2, -0.15) is 0 Å². The average molecular weight is 349 g/mol. The summed E-state index contributed by atoms with van der Waals surface area (Å²) in [6.45, 7) is 5.10. The highest BCUT2D eigenvalue weighted by Gasteiger charge is 2.21. The monoisotopic (exact) mass is 349 g/mol. The molecule has 2 rings (SSSR count). The summed E-state index contributed by atoms with van der Waals surface area (Å²) < 4.78 is 17.0. The van der Waals surface area contributed by atoms with Crippen molar-refractivity contribution in [1.82, 2.24) is 10.2 Å². The predicted molar refractivity (Wildman–Crippen MR) is 101 cm³/mol. The van der Waals surface area contributed by atoms with Gasteiger partial charge in [-0.15, -0.1) is 0 Å². The summed E-state index contributed by atoms with van der Waals surface area (Å²) in [4.78, 5) is 6.39. The van der Waals surface area contributed by atoms with Gasteiger partial charge < -0.3 is 24.4 Å². The number of ether oxygens (including phenoxy) is 3. The highest BCUT2D eigenvalue weighted by Crippen LogP contribution is 2.28. The lowest BCUT2D eigenvalue weighted by Gasteiger charge is -2.24. The molecule has 1 atom stereocenters. The molecule has 140 valence electrons. The van der Waals surface area contributed by atoms with Gasteiger partial charge in [-0.3, -0.25) is 4.99 Å². The zero-order chi connectivity index (χ0) is 18.1. The molecule has 1 unspecified atom stereocenters. The van der Waals surface area contributed by atoms with E-state index < -0.39 is 0 Å². The maximum Gasteiger partial charge on any atom is 0.193 e. The molecule has 0 saturated heterocycles. The minimum atomic E-state index is -0.0208. The first-order chi connectivity index (χ1) is 12.1. The second kappa shape index (κ2) is 10.1. The van der Waals surface area contributed by atoms with Crippen LogP contribution in [-0.4, -0.2) is 64.5 Å². The van der Waals surface area contributed by atoms with Crippen LogP contribution < -0.4 is 14.8 Å². The van der Waals surface area contributed by atoms with Gasteiger partial charge in [-0.05, 0) is 37.8 Å². The third-order valence-electron chi connectivity index (χ3n) is 4.14. The Morgan fingerprint density at radius 1 is 1.32 bits per heavy atom. The molecule has 0 bridgehead atoms. The molecule has 1 aromatic carbocycles. The van der Waals surface area contributed by atoms with Gasteiger partial charge in [0.1, 0.15) is 6.10 Å². The molecule has 0 aliphatic heterocycles. The first-order valence-electron chi connectivity index (χ1n) is 8.93. The summed E-state index contributed by atoms with van der Waals surface area (Å²) in [5.74, 6) is 3.13. The summed E-state index contributed by atoms with van der Waals surface area (Å²) in [6.07, 6.45) is 2.62. The second-order valence-corrected chi connectivity index (χ2v) is 6.45. The fraction of sp³-hybridized carbons (Fsp3) is 0.632. The molecule has 1 aliphatic rings. The first-order valence-corrected chi connectivity index (χ1v) is 8.93. The maximum absolute atomic E-state index is 5.96. The van der Waals surface area contributed by atoms with E-state index in [1.54, 1.807) is 14.2 Å². The van der Waals surface area contributed by atoms with Gasteiger partial charge in [-0.1, -0.05) is 12.1 Å². The Kier molecular flexibility index (Phi) is 7.85. The molecule has 25 heavy (non-hydrogen) atoms. The Morgan fingerprint density at radius 2 is 2.04 bits per heavy atom. The minimum Gasteiger partial charge on any atom is -0.493 e. The molecular weight excluding hydrogens is 318 g/mol. The van der Waals surface area contributed by atoms with Crippen molar-refractivity contribution in [3.8, 4) is 11.5 Å². The molecule has 0 aromatic heterocycles. The quantitative estimate of drug-likeness (QED) is 0.399. The van der Waals surface area contributed by atoms with Gasteiger partial charge in [-0.25, -0.2) is 0 Å². The van der Waals surface area contributed by atoms with Crippen molar-refractivity contribution in [2.24, 2.45) is 10.9 Å². The third-order valence-corrected chi connectivity index (χ3v) is 4.14. The van der Waals surface area contributed by atoms with Crippen molar-refractivity contribution >= 4 is 5.96 Å². The van der Waals surface area contributed by atoms with Crippen LogP contribution in [-0.2, 0) is 4.74 Å². The molecule has 0 heterocycles. The number of para-hydroxylation sites is 2. The largest absolute Gasteiger partial charge is 0.493 e. The number of aliphatic imine (C=N–C) groups is 1. The van der Waals surface area contributed by atoms with Gasteiger partial charge in [0.2, 0.25) is 0 Å². The number of hydrogen-bond donors (Lipinski definition) is 1. The number of nitrogens with zero attached hydrogens (tertiary/aromatic N) is 2. The van der Waals surface area contributed by atoms with Crippen molar-refractivity contribution in [3.05, 3.63) is 24.3 Å².